The first-order valence-corrected chi connectivity index (χ1v) is 6.28. The molecule has 18 heavy (non-hydrogen) atoms. The van der Waals surface area contributed by atoms with Crippen LogP contribution in [0.5, 0.6) is 0 Å². The topological polar surface area (TPSA) is 35.8 Å². The van der Waals surface area contributed by atoms with Crippen LogP contribution in [0.25, 0.3) is 0 Å². The Bertz CT molecular complexity index is 525. The third-order valence-corrected chi connectivity index (χ3v) is 4.17. The molecule has 0 saturated heterocycles. The van der Waals surface area contributed by atoms with E-state index < -0.39 is 11.6 Å². The quantitative estimate of drug-likeness (QED) is 0.886. The van der Waals surface area contributed by atoms with E-state index in [2.05, 4.69) is 5.32 Å². The molecule has 2 nitrogen and oxygen atoms in total. The second kappa shape index (κ2) is 3.94. The van der Waals surface area contributed by atoms with Crippen molar-refractivity contribution in [1.82, 2.24) is 0 Å². The first kappa shape index (κ1) is 11.5. The molecule has 0 atom stereocenters. The number of nitriles is 1. The fraction of sp³-hybridized carbons (Fsp3) is 0.500. The van der Waals surface area contributed by atoms with Gasteiger partial charge >= 0.3 is 0 Å². The molecular weight excluding hydrogens is 234 g/mol. The highest BCUT2D eigenvalue weighted by Crippen LogP contribution is 2.61. The Kier molecular flexibility index (Phi) is 2.51. The molecule has 0 unspecified atom stereocenters. The van der Waals surface area contributed by atoms with Gasteiger partial charge in [0.25, 0.3) is 0 Å². The zero-order chi connectivity index (χ0) is 12.8. The zero-order valence-corrected chi connectivity index (χ0v) is 9.97. The number of rotatable bonds is 4. The molecule has 2 fully saturated rings. The van der Waals surface area contributed by atoms with E-state index in [9.17, 15) is 8.78 Å². The zero-order valence-electron chi connectivity index (χ0n) is 9.97. The lowest BCUT2D eigenvalue weighted by Gasteiger charge is -2.16. The lowest BCUT2D eigenvalue weighted by molar-refractivity contribution is 0.462. The van der Waals surface area contributed by atoms with Gasteiger partial charge in [0.05, 0.1) is 11.3 Å². The summed E-state index contributed by atoms with van der Waals surface area (Å²) in [6, 6.07) is 4.39. The Labute approximate surface area is 105 Å². The molecular formula is C14H14F2N2. The Morgan fingerprint density at radius 2 is 2.00 bits per heavy atom. The van der Waals surface area contributed by atoms with Gasteiger partial charge < -0.3 is 5.32 Å². The summed E-state index contributed by atoms with van der Waals surface area (Å²) in [6.07, 6.45) is 4.91. The van der Waals surface area contributed by atoms with Crippen LogP contribution in [0.15, 0.2) is 12.1 Å². The van der Waals surface area contributed by atoms with E-state index in [0.29, 0.717) is 12.0 Å². The van der Waals surface area contributed by atoms with Gasteiger partial charge in [-0.1, -0.05) is 0 Å². The predicted molar refractivity (Wildman–Crippen MR) is 64.0 cm³/mol. The SMILES string of the molecule is N#Cc1ccc(NCC2(C3CC3)CC2)c(F)c1F. The van der Waals surface area contributed by atoms with Crippen molar-refractivity contribution in [2.45, 2.75) is 25.7 Å². The van der Waals surface area contributed by atoms with Gasteiger partial charge in [0, 0.05) is 6.54 Å². The van der Waals surface area contributed by atoms with Crippen molar-refractivity contribution in [3.63, 3.8) is 0 Å². The minimum absolute atomic E-state index is 0.165. The molecule has 2 aliphatic carbocycles. The van der Waals surface area contributed by atoms with Gasteiger partial charge in [0.15, 0.2) is 11.6 Å². The minimum Gasteiger partial charge on any atom is -0.382 e. The Morgan fingerprint density at radius 1 is 1.28 bits per heavy atom. The molecule has 3 rings (SSSR count). The van der Waals surface area contributed by atoms with E-state index in [1.54, 1.807) is 6.07 Å². The molecule has 4 heteroatoms. The molecule has 0 amide bonds. The minimum atomic E-state index is -1.06. The van der Waals surface area contributed by atoms with Gasteiger partial charge in [0.1, 0.15) is 6.07 Å². The number of benzene rings is 1. The Morgan fingerprint density at radius 3 is 2.56 bits per heavy atom. The number of halogens is 2. The summed E-state index contributed by atoms with van der Waals surface area (Å²) in [5.41, 5.74) is 0.247. The van der Waals surface area contributed by atoms with E-state index in [1.165, 1.54) is 37.8 Å². The van der Waals surface area contributed by atoms with Gasteiger partial charge in [0.2, 0.25) is 0 Å². The Balaban J connectivity index is 1.73. The maximum absolute atomic E-state index is 13.7. The molecule has 0 spiro atoms. The summed E-state index contributed by atoms with van der Waals surface area (Å²) in [7, 11) is 0. The highest BCUT2D eigenvalue weighted by Gasteiger charge is 2.53. The van der Waals surface area contributed by atoms with Crippen molar-refractivity contribution in [3.8, 4) is 6.07 Å². The van der Waals surface area contributed by atoms with Gasteiger partial charge in [-0.15, -0.1) is 0 Å². The smallest absolute Gasteiger partial charge is 0.183 e. The van der Waals surface area contributed by atoms with Crippen LogP contribution in [-0.4, -0.2) is 6.54 Å². The van der Waals surface area contributed by atoms with E-state index in [-0.39, 0.29) is 11.3 Å². The normalized spacial score (nSPS) is 20.3. The average Bonchev–Trinajstić information content (AvgIpc) is 3.24. The third kappa shape index (κ3) is 1.84. The first-order valence-electron chi connectivity index (χ1n) is 6.28. The second-order valence-electron chi connectivity index (χ2n) is 5.39. The van der Waals surface area contributed by atoms with Crippen molar-refractivity contribution in [1.29, 1.82) is 5.26 Å². The fourth-order valence-electron chi connectivity index (χ4n) is 2.63. The number of hydrogen-bond acceptors (Lipinski definition) is 2. The maximum atomic E-state index is 13.7. The number of hydrogen-bond donors (Lipinski definition) is 1. The largest absolute Gasteiger partial charge is 0.382 e. The van der Waals surface area contributed by atoms with Crippen molar-refractivity contribution in [2.75, 3.05) is 11.9 Å². The van der Waals surface area contributed by atoms with E-state index in [4.69, 9.17) is 5.26 Å². The number of nitrogens with one attached hydrogen (secondary N) is 1. The van der Waals surface area contributed by atoms with Crippen LogP contribution in [0.3, 0.4) is 0 Å². The fourth-order valence-corrected chi connectivity index (χ4v) is 2.63. The molecule has 0 heterocycles. The van der Waals surface area contributed by atoms with Crippen LogP contribution in [0, 0.1) is 34.3 Å². The summed E-state index contributed by atoms with van der Waals surface area (Å²) in [5, 5.41) is 11.6. The summed E-state index contributed by atoms with van der Waals surface area (Å²) in [6.45, 7) is 0.708. The summed E-state index contributed by atoms with van der Waals surface area (Å²) in [4.78, 5) is 0. The van der Waals surface area contributed by atoms with Crippen LogP contribution in [-0.2, 0) is 0 Å². The van der Waals surface area contributed by atoms with Crippen molar-refractivity contribution in [3.05, 3.63) is 29.3 Å². The van der Waals surface area contributed by atoms with Gasteiger partial charge in [-0.25, -0.2) is 8.78 Å². The molecule has 0 radical (unpaired) electrons. The van der Waals surface area contributed by atoms with E-state index >= 15 is 0 Å². The molecule has 2 aliphatic rings. The van der Waals surface area contributed by atoms with Crippen LogP contribution in [0.1, 0.15) is 31.2 Å². The molecule has 1 aromatic rings. The number of anilines is 1. The maximum Gasteiger partial charge on any atom is 0.183 e. The lowest BCUT2D eigenvalue weighted by Crippen LogP contribution is -2.18. The summed E-state index contributed by atoms with van der Waals surface area (Å²) < 4.78 is 27.1. The average molecular weight is 248 g/mol. The molecule has 1 N–H and O–H groups in total. The monoisotopic (exact) mass is 248 g/mol. The van der Waals surface area contributed by atoms with Gasteiger partial charge in [-0.2, -0.15) is 5.26 Å². The molecule has 2 saturated carbocycles. The van der Waals surface area contributed by atoms with Crippen molar-refractivity contribution < 1.29 is 8.78 Å². The van der Waals surface area contributed by atoms with Gasteiger partial charge in [-0.3, -0.25) is 0 Å². The molecule has 1 aromatic carbocycles. The Hall–Kier alpha value is -1.63. The van der Waals surface area contributed by atoms with Crippen LogP contribution < -0.4 is 5.32 Å². The van der Waals surface area contributed by atoms with Crippen molar-refractivity contribution in [2.24, 2.45) is 11.3 Å². The summed E-state index contributed by atoms with van der Waals surface area (Å²) >= 11 is 0. The second-order valence-corrected chi connectivity index (χ2v) is 5.39. The molecule has 94 valence electrons. The van der Waals surface area contributed by atoms with Crippen molar-refractivity contribution >= 4 is 5.69 Å². The summed E-state index contributed by atoms with van der Waals surface area (Å²) in [5.74, 6) is -1.23. The lowest BCUT2D eigenvalue weighted by atomic mass is 10.0. The highest BCUT2D eigenvalue weighted by molar-refractivity contribution is 5.50. The van der Waals surface area contributed by atoms with Gasteiger partial charge in [-0.05, 0) is 49.1 Å². The van der Waals surface area contributed by atoms with Crippen LogP contribution in [0.4, 0.5) is 14.5 Å². The molecule has 0 bridgehead atoms. The molecule has 0 aliphatic heterocycles. The first-order chi connectivity index (χ1) is 8.66. The van der Waals surface area contributed by atoms with E-state index in [1.807, 2.05) is 0 Å². The standard InChI is InChI=1S/C14H14F2N2/c15-12-9(7-17)1-4-11(13(12)16)18-8-14(5-6-14)10-2-3-10/h1,4,10,18H,2-3,5-6,8H2. The molecule has 0 aromatic heterocycles. The number of nitrogens with zero attached hydrogens (tertiary/aromatic N) is 1. The van der Waals surface area contributed by atoms with Crippen LogP contribution >= 0.6 is 0 Å². The highest BCUT2D eigenvalue weighted by atomic mass is 19.2. The van der Waals surface area contributed by atoms with E-state index in [0.717, 1.165) is 5.92 Å². The van der Waals surface area contributed by atoms with Crippen LogP contribution in [0.2, 0.25) is 0 Å². The predicted octanol–water partition coefficient (Wildman–Crippen LogP) is 3.44. The third-order valence-electron chi connectivity index (χ3n) is 4.17.